The van der Waals surface area contributed by atoms with Crippen LogP contribution in [0.15, 0.2) is 42.5 Å². The van der Waals surface area contributed by atoms with Crippen molar-refractivity contribution < 1.29 is 18.7 Å². The van der Waals surface area contributed by atoms with Crippen molar-refractivity contribution in [2.75, 3.05) is 7.11 Å². The van der Waals surface area contributed by atoms with Crippen LogP contribution in [-0.2, 0) is 0 Å². The van der Waals surface area contributed by atoms with Crippen molar-refractivity contribution >= 4 is 5.91 Å². The van der Waals surface area contributed by atoms with Crippen LogP contribution in [0.5, 0.6) is 11.5 Å². The summed E-state index contributed by atoms with van der Waals surface area (Å²) in [4.78, 5) is 12.2. The van der Waals surface area contributed by atoms with Crippen LogP contribution >= 0.6 is 0 Å². The Labute approximate surface area is 141 Å². The van der Waals surface area contributed by atoms with Gasteiger partial charge in [0.15, 0.2) is 11.5 Å². The lowest BCUT2D eigenvalue weighted by atomic mass is 10.1. The molecule has 0 fully saturated rings. The third-order valence-electron chi connectivity index (χ3n) is 3.48. The lowest BCUT2D eigenvalue weighted by Gasteiger charge is -2.18. The molecule has 0 heterocycles. The van der Waals surface area contributed by atoms with Gasteiger partial charge in [0.1, 0.15) is 5.82 Å². The first kappa shape index (κ1) is 17.8. The van der Waals surface area contributed by atoms with Gasteiger partial charge in [0.05, 0.1) is 19.3 Å². The summed E-state index contributed by atoms with van der Waals surface area (Å²) in [5.41, 5.74) is 1.15. The Morgan fingerprint density at radius 1 is 1.08 bits per heavy atom. The molecule has 2 rings (SSSR count). The minimum atomic E-state index is -0.438. The molecule has 0 aliphatic carbocycles. The van der Waals surface area contributed by atoms with Gasteiger partial charge in [-0.1, -0.05) is 12.1 Å². The van der Waals surface area contributed by atoms with Crippen LogP contribution in [0.25, 0.3) is 0 Å². The quantitative estimate of drug-likeness (QED) is 0.866. The number of halogens is 1. The molecule has 4 nitrogen and oxygen atoms in total. The summed E-state index contributed by atoms with van der Waals surface area (Å²) in [6.45, 7) is 5.74. The minimum absolute atomic E-state index is 0.0369. The predicted molar refractivity (Wildman–Crippen MR) is 91.0 cm³/mol. The van der Waals surface area contributed by atoms with Gasteiger partial charge in [-0.2, -0.15) is 0 Å². The highest BCUT2D eigenvalue weighted by molar-refractivity contribution is 5.94. The highest BCUT2D eigenvalue weighted by Crippen LogP contribution is 2.31. The number of methoxy groups -OCH3 is 1. The Kier molecular flexibility index (Phi) is 5.79. The van der Waals surface area contributed by atoms with Crippen LogP contribution in [-0.4, -0.2) is 19.1 Å². The number of amides is 1. The number of nitrogens with one attached hydrogen (secondary N) is 1. The Bertz CT molecular complexity index is 716. The number of benzene rings is 2. The van der Waals surface area contributed by atoms with E-state index < -0.39 is 5.82 Å². The summed E-state index contributed by atoms with van der Waals surface area (Å²) in [6, 6.07) is 10.9. The van der Waals surface area contributed by atoms with Gasteiger partial charge >= 0.3 is 0 Å². The van der Waals surface area contributed by atoms with E-state index in [1.807, 2.05) is 39.0 Å². The first-order valence-corrected chi connectivity index (χ1v) is 7.81. The number of ether oxygens (including phenoxy) is 2. The molecular formula is C19H22FNO3. The number of hydrogen-bond donors (Lipinski definition) is 1. The molecule has 0 radical (unpaired) electrons. The zero-order chi connectivity index (χ0) is 17.7. The number of carbonyl (C=O) groups is 1. The summed E-state index contributed by atoms with van der Waals surface area (Å²) in [7, 11) is 1.57. The topological polar surface area (TPSA) is 47.6 Å². The van der Waals surface area contributed by atoms with E-state index in [9.17, 15) is 9.18 Å². The standard InChI is InChI=1S/C19H22FNO3/c1-12(2)24-17-9-8-14(11-18(17)23-4)13(3)21-19(22)15-6-5-7-16(20)10-15/h5-13H,1-4H3,(H,21,22). The van der Waals surface area contributed by atoms with Gasteiger partial charge in [-0.15, -0.1) is 0 Å². The van der Waals surface area contributed by atoms with Crippen LogP contribution in [0.3, 0.4) is 0 Å². The molecule has 128 valence electrons. The first-order chi connectivity index (χ1) is 11.4. The van der Waals surface area contributed by atoms with E-state index in [0.717, 1.165) is 5.56 Å². The number of rotatable bonds is 6. The maximum Gasteiger partial charge on any atom is 0.251 e. The van der Waals surface area contributed by atoms with Gasteiger partial charge in [0.25, 0.3) is 5.91 Å². The summed E-state index contributed by atoms with van der Waals surface area (Å²) >= 11 is 0. The fourth-order valence-electron chi connectivity index (χ4n) is 2.30. The van der Waals surface area contributed by atoms with Crippen LogP contribution in [0.4, 0.5) is 4.39 Å². The smallest absolute Gasteiger partial charge is 0.251 e. The summed E-state index contributed by atoms with van der Waals surface area (Å²) in [5.74, 6) is 0.489. The lowest BCUT2D eigenvalue weighted by molar-refractivity contribution is 0.0939. The Balaban J connectivity index is 2.14. The molecule has 24 heavy (non-hydrogen) atoms. The van der Waals surface area contributed by atoms with Gasteiger partial charge in [-0.3, -0.25) is 4.79 Å². The van der Waals surface area contributed by atoms with E-state index in [0.29, 0.717) is 11.5 Å². The largest absolute Gasteiger partial charge is 0.493 e. The van der Waals surface area contributed by atoms with Crippen molar-refractivity contribution in [1.29, 1.82) is 0 Å². The van der Waals surface area contributed by atoms with Crippen LogP contribution in [0, 0.1) is 5.82 Å². The second-order valence-corrected chi connectivity index (χ2v) is 5.78. The average Bonchev–Trinajstić information content (AvgIpc) is 2.54. The number of carbonyl (C=O) groups excluding carboxylic acids is 1. The SMILES string of the molecule is COc1cc(C(C)NC(=O)c2cccc(F)c2)ccc1OC(C)C. The lowest BCUT2D eigenvalue weighted by Crippen LogP contribution is -2.26. The monoisotopic (exact) mass is 331 g/mol. The molecule has 1 N–H and O–H groups in total. The van der Waals surface area contributed by atoms with Crippen LogP contribution < -0.4 is 14.8 Å². The average molecular weight is 331 g/mol. The fourth-order valence-corrected chi connectivity index (χ4v) is 2.30. The third kappa shape index (κ3) is 4.47. The van der Waals surface area contributed by atoms with Gasteiger partial charge < -0.3 is 14.8 Å². The molecule has 2 aromatic rings. The highest BCUT2D eigenvalue weighted by atomic mass is 19.1. The molecule has 1 amide bonds. The van der Waals surface area contributed by atoms with Gasteiger partial charge in [0.2, 0.25) is 0 Å². The molecule has 0 saturated heterocycles. The van der Waals surface area contributed by atoms with E-state index >= 15 is 0 Å². The maximum atomic E-state index is 13.2. The second kappa shape index (κ2) is 7.81. The van der Waals surface area contributed by atoms with Gasteiger partial charge in [-0.25, -0.2) is 4.39 Å². The fraction of sp³-hybridized carbons (Fsp3) is 0.316. The molecule has 0 aromatic heterocycles. The van der Waals surface area contributed by atoms with Crippen molar-refractivity contribution in [1.82, 2.24) is 5.32 Å². The van der Waals surface area contributed by atoms with Crippen molar-refractivity contribution in [3.63, 3.8) is 0 Å². The van der Waals surface area contributed by atoms with Crippen molar-refractivity contribution in [2.45, 2.75) is 32.9 Å². The van der Waals surface area contributed by atoms with Crippen LogP contribution in [0.2, 0.25) is 0 Å². The molecule has 0 aliphatic heterocycles. The third-order valence-corrected chi connectivity index (χ3v) is 3.48. The molecule has 5 heteroatoms. The van der Waals surface area contributed by atoms with E-state index in [1.165, 1.54) is 18.2 Å². The zero-order valence-corrected chi connectivity index (χ0v) is 14.3. The van der Waals surface area contributed by atoms with Crippen molar-refractivity contribution in [3.8, 4) is 11.5 Å². The summed E-state index contributed by atoms with van der Waals surface area (Å²) in [5, 5.41) is 2.85. The Hall–Kier alpha value is -2.56. The molecular weight excluding hydrogens is 309 g/mol. The molecule has 0 aliphatic rings. The molecule has 2 aromatic carbocycles. The molecule has 0 saturated carbocycles. The minimum Gasteiger partial charge on any atom is -0.493 e. The Morgan fingerprint density at radius 3 is 2.46 bits per heavy atom. The van der Waals surface area contributed by atoms with E-state index in [1.54, 1.807) is 13.2 Å². The van der Waals surface area contributed by atoms with Gasteiger partial charge in [-0.05, 0) is 56.7 Å². The normalized spacial score (nSPS) is 11.9. The molecule has 0 spiro atoms. The van der Waals surface area contributed by atoms with E-state index in [2.05, 4.69) is 5.32 Å². The summed E-state index contributed by atoms with van der Waals surface area (Å²) in [6.07, 6.45) is 0.0369. The maximum absolute atomic E-state index is 13.2. The van der Waals surface area contributed by atoms with Crippen molar-refractivity contribution in [2.24, 2.45) is 0 Å². The molecule has 0 bridgehead atoms. The van der Waals surface area contributed by atoms with Crippen LogP contribution in [0.1, 0.15) is 42.7 Å². The molecule has 1 atom stereocenters. The van der Waals surface area contributed by atoms with Crippen molar-refractivity contribution in [3.05, 3.63) is 59.4 Å². The highest BCUT2D eigenvalue weighted by Gasteiger charge is 2.15. The zero-order valence-electron chi connectivity index (χ0n) is 14.3. The van der Waals surface area contributed by atoms with Gasteiger partial charge in [0, 0.05) is 5.56 Å². The van der Waals surface area contributed by atoms with E-state index in [4.69, 9.17) is 9.47 Å². The summed E-state index contributed by atoms with van der Waals surface area (Å²) < 4.78 is 24.3. The van der Waals surface area contributed by atoms with E-state index in [-0.39, 0.29) is 23.6 Å². The predicted octanol–water partition coefficient (Wildman–Crippen LogP) is 4.11. The first-order valence-electron chi connectivity index (χ1n) is 7.81. The second-order valence-electron chi connectivity index (χ2n) is 5.78. The Morgan fingerprint density at radius 2 is 1.83 bits per heavy atom. The molecule has 1 unspecified atom stereocenters. The number of hydrogen-bond acceptors (Lipinski definition) is 3.